The fourth-order valence-corrected chi connectivity index (χ4v) is 6.26. The lowest BCUT2D eigenvalue weighted by Gasteiger charge is -2.26. The highest BCUT2D eigenvalue weighted by molar-refractivity contribution is 6.15. The summed E-state index contributed by atoms with van der Waals surface area (Å²) in [5, 5.41) is 6.50. The third-order valence-electron chi connectivity index (χ3n) is 8.33. The number of rotatable bonds is 4. The van der Waals surface area contributed by atoms with Crippen LogP contribution in [0.1, 0.15) is 0 Å². The maximum atomic E-state index is 6.29. The van der Waals surface area contributed by atoms with Crippen molar-refractivity contribution in [2.45, 2.75) is 0 Å². The zero-order valence-electron chi connectivity index (χ0n) is 23.1. The Morgan fingerprint density at radius 1 is 0.442 bits per heavy atom. The number of pyridine rings is 1. The van der Waals surface area contributed by atoms with E-state index >= 15 is 0 Å². The van der Waals surface area contributed by atoms with Gasteiger partial charge in [0.2, 0.25) is 5.71 Å². The molecular weight excluding hydrogens is 528 g/mol. The standard InChI is InChI=1S/C39H24N2O2/c1-2-7-25(8-3-1)26-12-15-28(16-13-26)41(30-18-21-33-32-9-4-5-11-36(32)42-37(33)24-30)29-17-20-31-27(23-29)14-19-34-35-10-6-22-40-39(35)43-38(31)34/h1-24H. The molecule has 0 fully saturated rings. The summed E-state index contributed by atoms with van der Waals surface area (Å²) in [6, 6.07) is 48.7. The van der Waals surface area contributed by atoms with Gasteiger partial charge >= 0.3 is 0 Å². The van der Waals surface area contributed by atoms with E-state index in [0.717, 1.165) is 66.1 Å². The molecule has 3 heterocycles. The second-order valence-corrected chi connectivity index (χ2v) is 10.8. The van der Waals surface area contributed by atoms with Crippen LogP contribution in [0.15, 0.2) is 155 Å². The van der Waals surface area contributed by atoms with Crippen molar-refractivity contribution in [1.29, 1.82) is 0 Å². The predicted molar refractivity (Wildman–Crippen MR) is 176 cm³/mol. The Bertz CT molecular complexity index is 2450. The zero-order valence-corrected chi connectivity index (χ0v) is 23.1. The average molecular weight is 553 g/mol. The van der Waals surface area contributed by atoms with Crippen LogP contribution >= 0.6 is 0 Å². The van der Waals surface area contributed by atoms with Crippen molar-refractivity contribution < 1.29 is 8.83 Å². The average Bonchev–Trinajstić information content (AvgIpc) is 3.64. The molecule has 4 nitrogen and oxygen atoms in total. The van der Waals surface area contributed by atoms with Gasteiger partial charge in [-0.25, -0.2) is 4.98 Å². The van der Waals surface area contributed by atoms with Crippen LogP contribution in [0.4, 0.5) is 17.1 Å². The van der Waals surface area contributed by atoms with E-state index in [4.69, 9.17) is 8.83 Å². The van der Waals surface area contributed by atoms with E-state index in [1.54, 1.807) is 6.20 Å². The minimum Gasteiger partial charge on any atom is -0.456 e. The molecule has 43 heavy (non-hydrogen) atoms. The number of anilines is 3. The molecule has 0 saturated heterocycles. The van der Waals surface area contributed by atoms with Gasteiger partial charge in [0, 0.05) is 56.3 Å². The molecule has 0 atom stereocenters. The Kier molecular flexibility index (Phi) is 5.16. The van der Waals surface area contributed by atoms with Crippen molar-refractivity contribution in [3.05, 3.63) is 146 Å². The highest BCUT2D eigenvalue weighted by atomic mass is 16.3. The van der Waals surface area contributed by atoms with Gasteiger partial charge in [0.1, 0.15) is 16.7 Å². The first-order chi connectivity index (χ1) is 21.3. The molecule has 0 aliphatic carbocycles. The van der Waals surface area contributed by atoms with Gasteiger partial charge in [-0.05, 0) is 83.2 Å². The molecule has 0 radical (unpaired) electrons. The highest BCUT2D eigenvalue weighted by Gasteiger charge is 2.18. The second kappa shape index (κ2) is 9.33. The van der Waals surface area contributed by atoms with Crippen LogP contribution in [-0.2, 0) is 0 Å². The first-order valence-electron chi connectivity index (χ1n) is 14.4. The summed E-state index contributed by atoms with van der Waals surface area (Å²) < 4.78 is 12.5. The van der Waals surface area contributed by atoms with Gasteiger partial charge in [-0.15, -0.1) is 0 Å². The van der Waals surface area contributed by atoms with Crippen LogP contribution < -0.4 is 4.90 Å². The number of hydrogen-bond donors (Lipinski definition) is 0. The van der Waals surface area contributed by atoms with Gasteiger partial charge in [-0.1, -0.05) is 66.7 Å². The van der Waals surface area contributed by atoms with Crippen LogP contribution in [0, 0.1) is 0 Å². The van der Waals surface area contributed by atoms with Crippen molar-refractivity contribution in [2.75, 3.05) is 4.90 Å². The van der Waals surface area contributed by atoms with E-state index in [1.165, 1.54) is 11.1 Å². The number of furan rings is 2. The molecule has 0 spiro atoms. The topological polar surface area (TPSA) is 42.4 Å². The molecule has 0 bridgehead atoms. The van der Waals surface area contributed by atoms with E-state index in [9.17, 15) is 0 Å². The SMILES string of the molecule is c1ccc(-c2ccc(N(c3ccc4c(ccc5c6cccnc6oc45)c3)c3ccc4c(c3)oc3ccccc34)cc2)cc1. The number of nitrogens with zero attached hydrogens (tertiary/aromatic N) is 2. The fraction of sp³-hybridized carbons (Fsp3) is 0. The maximum absolute atomic E-state index is 6.29. The summed E-state index contributed by atoms with van der Waals surface area (Å²) in [6.07, 6.45) is 1.77. The van der Waals surface area contributed by atoms with Gasteiger partial charge in [0.15, 0.2) is 0 Å². The number of aromatic nitrogens is 1. The molecule has 0 amide bonds. The lowest BCUT2D eigenvalue weighted by atomic mass is 10.0. The van der Waals surface area contributed by atoms with Crippen molar-refractivity contribution in [1.82, 2.24) is 4.98 Å². The summed E-state index contributed by atoms with van der Waals surface area (Å²) in [7, 11) is 0. The van der Waals surface area contributed by atoms with E-state index in [2.05, 4.69) is 125 Å². The van der Waals surface area contributed by atoms with E-state index < -0.39 is 0 Å². The molecular formula is C39H24N2O2. The third kappa shape index (κ3) is 3.81. The van der Waals surface area contributed by atoms with E-state index in [1.807, 2.05) is 24.3 Å². The summed E-state index contributed by atoms with van der Waals surface area (Å²) in [5.41, 5.74) is 8.77. The largest absolute Gasteiger partial charge is 0.456 e. The summed E-state index contributed by atoms with van der Waals surface area (Å²) >= 11 is 0. The number of benzene rings is 6. The van der Waals surface area contributed by atoms with Crippen LogP contribution in [0.3, 0.4) is 0 Å². The van der Waals surface area contributed by atoms with Gasteiger partial charge in [0.05, 0.1) is 0 Å². The summed E-state index contributed by atoms with van der Waals surface area (Å²) in [4.78, 5) is 6.72. The molecule has 0 unspecified atom stereocenters. The Hall–Kier alpha value is -5.87. The smallest absolute Gasteiger partial charge is 0.227 e. The Balaban J connectivity index is 1.22. The van der Waals surface area contributed by atoms with Gasteiger partial charge in [-0.2, -0.15) is 0 Å². The van der Waals surface area contributed by atoms with Gasteiger partial charge in [0.25, 0.3) is 0 Å². The predicted octanol–water partition coefficient (Wildman–Crippen LogP) is 11.2. The van der Waals surface area contributed by atoms with Crippen molar-refractivity contribution in [3.8, 4) is 11.1 Å². The first kappa shape index (κ1) is 23.8. The number of hydrogen-bond acceptors (Lipinski definition) is 4. The Labute approximate surface area is 247 Å². The zero-order chi connectivity index (χ0) is 28.3. The van der Waals surface area contributed by atoms with Crippen molar-refractivity contribution >= 4 is 71.8 Å². The van der Waals surface area contributed by atoms with Gasteiger partial charge < -0.3 is 13.7 Å². The molecule has 9 rings (SSSR count). The normalized spacial score (nSPS) is 11.7. The van der Waals surface area contributed by atoms with Crippen LogP contribution in [0.25, 0.3) is 65.9 Å². The van der Waals surface area contributed by atoms with Crippen LogP contribution in [0.5, 0.6) is 0 Å². The lowest BCUT2D eigenvalue weighted by Crippen LogP contribution is -2.09. The molecule has 3 aromatic heterocycles. The van der Waals surface area contributed by atoms with E-state index in [0.29, 0.717) is 5.71 Å². The monoisotopic (exact) mass is 552 g/mol. The Morgan fingerprint density at radius 3 is 2.00 bits per heavy atom. The third-order valence-corrected chi connectivity index (χ3v) is 8.33. The lowest BCUT2D eigenvalue weighted by molar-refractivity contribution is 0.657. The molecule has 0 N–H and O–H groups in total. The number of para-hydroxylation sites is 1. The molecule has 202 valence electrons. The van der Waals surface area contributed by atoms with Crippen molar-refractivity contribution in [2.24, 2.45) is 0 Å². The molecule has 4 heteroatoms. The molecule has 6 aromatic carbocycles. The maximum Gasteiger partial charge on any atom is 0.227 e. The van der Waals surface area contributed by atoms with Crippen molar-refractivity contribution in [3.63, 3.8) is 0 Å². The quantitative estimate of drug-likeness (QED) is 0.218. The fourth-order valence-electron chi connectivity index (χ4n) is 6.26. The molecule has 0 saturated carbocycles. The van der Waals surface area contributed by atoms with E-state index in [-0.39, 0.29) is 0 Å². The second-order valence-electron chi connectivity index (χ2n) is 10.8. The molecule has 0 aliphatic rings. The van der Waals surface area contributed by atoms with Crippen LogP contribution in [0.2, 0.25) is 0 Å². The number of fused-ring (bicyclic) bond motifs is 8. The molecule has 9 aromatic rings. The summed E-state index contributed by atoms with van der Waals surface area (Å²) in [6.45, 7) is 0. The first-order valence-corrected chi connectivity index (χ1v) is 14.4. The van der Waals surface area contributed by atoms with Crippen LogP contribution in [-0.4, -0.2) is 4.98 Å². The minimum absolute atomic E-state index is 0.661. The highest BCUT2D eigenvalue weighted by Crippen LogP contribution is 2.41. The molecule has 0 aliphatic heterocycles. The summed E-state index contributed by atoms with van der Waals surface area (Å²) in [5.74, 6) is 0. The van der Waals surface area contributed by atoms with Gasteiger partial charge in [-0.3, -0.25) is 0 Å². The minimum atomic E-state index is 0.661. The Morgan fingerprint density at radius 2 is 1.12 bits per heavy atom.